The molecule has 15 amide bonds. The fraction of sp³-hybridized carbons (Fsp3) is 0.722. The van der Waals surface area contributed by atoms with Gasteiger partial charge >= 0.3 is 23.9 Å². The van der Waals surface area contributed by atoms with Gasteiger partial charge in [-0.2, -0.15) is 24.4 Å². The molecule has 0 spiro atoms. The van der Waals surface area contributed by atoms with Gasteiger partial charge in [0.1, 0.15) is 84.6 Å². The number of amides is 15. The predicted octanol–water partition coefficient (Wildman–Crippen LogP) is -6.41. The lowest BCUT2D eigenvalue weighted by Crippen LogP contribution is -2.62. The van der Waals surface area contributed by atoms with Crippen LogP contribution in [0.2, 0.25) is 0 Å². The zero-order valence-electron chi connectivity index (χ0n) is 68.9. The highest BCUT2D eigenvalue weighted by Gasteiger charge is 2.40. The second kappa shape index (κ2) is 56.2. The van der Waals surface area contributed by atoms with E-state index in [1.807, 2.05) is 0 Å². The summed E-state index contributed by atoms with van der Waals surface area (Å²) in [6, 6.07) is -23.0. The van der Waals surface area contributed by atoms with Crippen LogP contribution in [0.1, 0.15) is 172 Å². The number of carbonyl (C=O) groups excluding carboxylic acids is 15. The molecule has 0 bridgehead atoms. The maximum atomic E-state index is 14.5. The molecule has 670 valence electrons. The van der Waals surface area contributed by atoms with Gasteiger partial charge in [-0.15, -0.1) is 0 Å². The highest BCUT2D eigenvalue weighted by molar-refractivity contribution is 7.98. The number of unbranched alkanes of at least 4 members (excludes halogenated alkanes) is 1. The van der Waals surface area contributed by atoms with Crippen molar-refractivity contribution in [2.24, 2.45) is 63.3 Å². The number of aliphatic carboxylic acids is 4. The van der Waals surface area contributed by atoms with Crippen molar-refractivity contribution in [3.05, 3.63) is 0 Å². The molecule has 0 aliphatic heterocycles. The molecule has 0 saturated heterocycles. The third-order valence-corrected chi connectivity index (χ3v) is 18.4. The van der Waals surface area contributed by atoms with E-state index in [1.54, 1.807) is 61.6 Å². The van der Waals surface area contributed by atoms with Crippen molar-refractivity contribution in [2.45, 2.75) is 263 Å². The van der Waals surface area contributed by atoms with E-state index in [2.05, 4.69) is 92.1 Å². The lowest BCUT2D eigenvalue weighted by Gasteiger charge is -2.30. The molecule has 0 aliphatic rings. The standard InChI is InChI=1S/C72H126N20O24S2/c1-33(2)24-43(61(105)80-39(16-13-14-21-73)58(102)83-42(71(115)116)17-15-22-78-72(76)77)84-64(108)46(27-36(7)8)89-70(114)57(38(11)93)92-68(112)50(32-117)90-65(109)47(28-51(75)94)86-62(106)44(25-34(3)4)85-63(107)45(26-35(5)6)88-69(113)56(37(9)10)91-67(111)49(30-55(100)101)87-59(103)40(18-19-53(96)97)81-60(104)41(20-23-118-12)82-66(110)48(29-54(98)99)79-52(95)31-74/h33-50,56-57,93,117H,13-32,73-74H2,1-12H3,(H2,75,94)(H,79,95)(H,80,105)(H,81,104)(H,82,110)(H,83,102)(H,84,108)(H,85,107)(H,86,106)(H,87,103)(H,88,113)(H,89,114)(H,90,109)(H,91,111)(H,92,112)(H,96,97)(H,98,99)(H,100,101)(H,115,116)(H4,76,77,78)/t38-,39+,40+,41+,42+,43+,44+,45+,46+,47+,48+,49+,50+,56+,57+/m1/s1. The molecular formula is C72H126N20O24S2. The summed E-state index contributed by atoms with van der Waals surface area (Å²) in [4.78, 5) is 259. The van der Waals surface area contributed by atoms with Crippen molar-refractivity contribution >= 4 is 143 Å². The molecule has 0 aromatic heterocycles. The van der Waals surface area contributed by atoms with Gasteiger partial charge in [-0.25, -0.2) is 4.79 Å². The van der Waals surface area contributed by atoms with Crippen LogP contribution < -0.4 is 103 Å². The molecule has 0 unspecified atom stereocenters. The molecule has 46 heteroatoms. The number of hydrogen-bond acceptors (Lipinski definition) is 25. The van der Waals surface area contributed by atoms with E-state index < -0.39 is 265 Å². The minimum Gasteiger partial charge on any atom is -0.481 e. The molecule has 118 heavy (non-hydrogen) atoms. The molecule has 44 nitrogen and oxygen atoms in total. The molecule has 15 atom stereocenters. The molecule has 0 aromatic rings. The fourth-order valence-corrected chi connectivity index (χ4v) is 12.2. The molecule has 0 radical (unpaired) electrons. The summed E-state index contributed by atoms with van der Waals surface area (Å²) in [5.41, 5.74) is 27.3. The molecule has 0 saturated carbocycles. The summed E-state index contributed by atoms with van der Waals surface area (Å²) in [5, 5.41) is 83.4. The Morgan fingerprint density at radius 2 is 0.686 bits per heavy atom. The van der Waals surface area contributed by atoms with Crippen LogP contribution in [0.4, 0.5) is 0 Å². The summed E-state index contributed by atoms with van der Waals surface area (Å²) in [6.45, 7) is 17.2. The quantitative estimate of drug-likeness (QED) is 0.0117. The summed E-state index contributed by atoms with van der Waals surface area (Å²) in [7, 11) is 0. The molecule has 0 aliphatic carbocycles. The van der Waals surface area contributed by atoms with E-state index >= 15 is 0 Å². The van der Waals surface area contributed by atoms with E-state index in [0.29, 0.717) is 12.8 Å². The number of primary amides is 1. The zero-order chi connectivity index (χ0) is 90.5. The number of nitrogens with two attached hydrogens (primary N) is 5. The second-order valence-electron chi connectivity index (χ2n) is 30.3. The third-order valence-electron chi connectivity index (χ3n) is 17.4. The van der Waals surface area contributed by atoms with Crippen LogP contribution >= 0.6 is 24.4 Å². The van der Waals surface area contributed by atoms with Gasteiger partial charge in [-0.05, 0) is 126 Å². The highest BCUT2D eigenvalue weighted by atomic mass is 32.2. The Morgan fingerprint density at radius 1 is 0.364 bits per heavy atom. The van der Waals surface area contributed by atoms with Crippen LogP contribution in [0.25, 0.3) is 0 Å². The maximum Gasteiger partial charge on any atom is 0.326 e. The Labute approximate surface area is 694 Å². The SMILES string of the molecule is CSCC[C@H](NC(=O)[C@H](CC(=O)O)NC(=O)CN)C(=O)N[C@@H](CCC(=O)O)C(=O)N[C@@H](CC(=O)O)C(=O)N[C@H](C(=O)N[C@@H](CC(C)C)C(=O)N[C@@H](CC(C)C)C(=O)N[C@@H](CC(N)=O)C(=O)N[C@@H](CS)C(=O)N[C@H](C(=O)N[C@@H](CC(C)C)C(=O)N[C@@H](CC(C)C)C(=O)N[C@@H](CCCCN)C(=O)N[C@@H](CCCN=C(N)N)C(=O)O)[C@@H](C)O)C(C)C. The number of hydrogen-bond donors (Lipinski definition) is 25. The Kier molecular flexibility index (Phi) is 51.4. The van der Waals surface area contributed by atoms with E-state index in [-0.39, 0.29) is 88.0 Å². The van der Waals surface area contributed by atoms with Crippen LogP contribution in [-0.2, 0) is 91.1 Å². The van der Waals surface area contributed by atoms with Crippen LogP contribution in [-0.4, -0.2) is 272 Å². The zero-order valence-corrected chi connectivity index (χ0v) is 70.6. The van der Waals surface area contributed by atoms with E-state index in [0.717, 1.165) is 6.92 Å². The van der Waals surface area contributed by atoms with Crippen LogP contribution in [0.3, 0.4) is 0 Å². The van der Waals surface area contributed by atoms with Crippen LogP contribution in [0.5, 0.6) is 0 Å². The molecule has 29 N–H and O–H groups in total. The second-order valence-corrected chi connectivity index (χ2v) is 31.7. The van der Waals surface area contributed by atoms with Crippen molar-refractivity contribution in [3.63, 3.8) is 0 Å². The Hall–Kier alpha value is -10.2. The molecule has 0 aromatic carbocycles. The van der Waals surface area contributed by atoms with Gasteiger partial charge in [-0.1, -0.05) is 69.2 Å². The number of nitrogens with one attached hydrogen (secondary N) is 14. The number of carbonyl (C=O) groups is 19. The largest absolute Gasteiger partial charge is 0.481 e. The Bertz CT molecular complexity index is 3440. The number of thiol groups is 1. The average molecular weight is 1720 g/mol. The molecule has 0 fully saturated rings. The number of aliphatic imine (C=N–C) groups is 1. The summed E-state index contributed by atoms with van der Waals surface area (Å²) < 4.78 is 0. The number of guanidine groups is 1. The van der Waals surface area contributed by atoms with Gasteiger partial charge in [-0.3, -0.25) is 91.3 Å². The monoisotopic (exact) mass is 1720 g/mol. The Morgan fingerprint density at radius 3 is 1.04 bits per heavy atom. The number of aliphatic hydroxyl groups is 1. The lowest BCUT2D eigenvalue weighted by molar-refractivity contribution is -0.143. The van der Waals surface area contributed by atoms with Crippen molar-refractivity contribution < 1.29 is 117 Å². The normalized spacial score (nSPS) is 15.1. The van der Waals surface area contributed by atoms with Crippen LogP contribution in [0, 0.1) is 29.6 Å². The third kappa shape index (κ3) is 43.8. The number of thioether (sulfide) groups is 1. The van der Waals surface area contributed by atoms with Gasteiger partial charge in [0, 0.05) is 18.7 Å². The Balaban J connectivity index is 7.00. The van der Waals surface area contributed by atoms with E-state index in [1.165, 1.54) is 25.6 Å². The van der Waals surface area contributed by atoms with E-state index in [4.69, 9.17) is 28.7 Å². The molecular weight excluding hydrogens is 1590 g/mol. The summed E-state index contributed by atoms with van der Waals surface area (Å²) in [6.07, 6.45) is -4.37. The van der Waals surface area contributed by atoms with Crippen molar-refractivity contribution in [2.75, 3.05) is 37.4 Å². The van der Waals surface area contributed by atoms with Crippen molar-refractivity contribution in [1.82, 2.24) is 74.4 Å². The average Bonchev–Trinajstić information content (AvgIpc) is 0.847. The minimum atomic E-state index is -2.07. The number of nitrogens with zero attached hydrogens (tertiary/aromatic N) is 1. The van der Waals surface area contributed by atoms with Gasteiger partial charge in [0.2, 0.25) is 88.6 Å². The van der Waals surface area contributed by atoms with Crippen molar-refractivity contribution in [3.8, 4) is 0 Å². The first-order valence-corrected chi connectivity index (χ1v) is 40.7. The minimum absolute atomic E-state index is 0.00907. The first kappa shape index (κ1) is 108. The lowest BCUT2D eigenvalue weighted by atomic mass is 9.98. The maximum absolute atomic E-state index is 14.5. The summed E-state index contributed by atoms with van der Waals surface area (Å²) >= 11 is 5.40. The van der Waals surface area contributed by atoms with Gasteiger partial charge in [0.05, 0.1) is 31.9 Å². The summed E-state index contributed by atoms with van der Waals surface area (Å²) in [5.74, 6) is -25.2. The first-order chi connectivity index (χ1) is 55.0. The number of rotatable bonds is 60. The van der Waals surface area contributed by atoms with E-state index in [9.17, 15) is 117 Å². The number of carboxylic acid groups (broad SMARTS) is 4. The predicted molar refractivity (Wildman–Crippen MR) is 433 cm³/mol. The first-order valence-electron chi connectivity index (χ1n) is 38.7. The highest BCUT2D eigenvalue weighted by Crippen LogP contribution is 2.17. The smallest absolute Gasteiger partial charge is 0.326 e. The van der Waals surface area contributed by atoms with Gasteiger partial charge in [0.15, 0.2) is 5.96 Å². The van der Waals surface area contributed by atoms with Gasteiger partial charge in [0.25, 0.3) is 0 Å². The molecule has 0 rings (SSSR count). The van der Waals surface area contributed by atoms with Crippen LogP contribution in [0.15, 0.2) is 4.99 Å². The molecule has 0 heterocycles. The number of carboxylic acids is 4. The van der Waals surface area contributed by atoms with Crippen molar-refractivity contribution in [1.29, 1.82) is 0 Å². The number of aliphatic hydroxyl groups excluding tert-OH is 1. The fourth-order valence-electron chi connectivity index (χ4n) is 11.4. The van der Waals surface area contributed by atoms with Gasteiger partial charge < -0.3 is 129 Å². The topological polar surface area (TPSA) is 736 Å².